The van der Waals surface area contributed by atoms with E-state index in [9.17, 15) is 4.79 Å². The molecule has 0 bridgehead atoms. The fourth-order valence-corrected chi connectivity index (χ4v) is 3.13. The van der Waals surface area contributed by atoms with Crippen molar-refractivity contribution >= 4 is 23.1 Å². The molecule has 25 heavy (non-hydrogen) atoms. The van der Waals surface area contributed by atoms with Crippen molar-refractivity contribution in [3.05, 3.63) is 54.0 Å². The summed E-state index contributed by atoms with van der Waals surface area (Å²) >= 11 is 1.42. The normalized spacial score (nSPS) is 10.9. The molecule has 8 nitrogen and oxygen atoms in total. The van der Waals surface area contributed by atoms with Crippen LogP contribution in [0.4, 0.5) is 5.82 Å². The van der Waals surface area contributed by atoms with Crippen molar-refractivity contribution in [2.75, 3.05) is 5.32 Å². The fraction of sp³-hybridized carbons (Fsp3) is 0.125. The first-order chi connectivity index (χ1) is 12.2. The predicted octanol–water partition coefficient (Wildman–Crippen LogP) is 2.73. The second-order valence-electron chi connectivity index (χ2n) is 5.33. The number of thiazole rings is 1. The van der Waals surface area contributed by atoms with E-state index in [0.29, 0.717) is 16.7 Å². The molecule has 126 valence electrons. The minimum atomic E-state index is -0.187. The van der Waals surface area contributed by atoms with Crippen LogP contribution in [-0.2, 0) is 11.3 Å². The zero-order chi connectivity index (χ0) is 17.2. The lowest BCUT2D eigenvalue weighted by Crippen LogP contribution is -2.20. The Labute approximate surface area is 146 Å². The van der Waals surface area contributed by atoms with Gasteiger partial charge in [-0.05, 0) is 25.1 Å². The Morgan fingerprint density at radius 2 is 2.32 bits per heavy atom. The molecular formula is C16H14N6O2S. The Hall–Kier alpha value is -3.20. The van der Waals surface area contributed by atoms with E-state index in [1.807, 2.05) is 24.4 Å². The summed E-state index contributed by atoms with van der Waals surface area (Å²) in [5.74, 6) is 1.07. The molecule has 0 aliphatic carbocycles. The van der Waals surface area contributed by atoms with Crippen molar-refractivity contribution in [2.45, 2.75) is 13.5 Å². The summed E-state index contributed by atoms with van der Waals surface area (Å²) in [6, 6.07) is 7.23. The van der Waals surface area contributed by atoms with Crippen LogP contribution in [0.1, 0.15) is 5.69 Å². The summed E-state index contributed by atoms with van der Waals surface area (Å²) in [5.41, 5.74) is 1.51. The minimum absolute atomic E-state index is 0.132. The van der Waals surface area contributed by atoms with Crippen LogP contribution in [0.15, 0.2) is 52.7 Å². The first-order valence-corrected chi connectivity index (χ1v) is 8.41. The topological polar surface area (TPSA) is 90.8 Å². The van der Waals surface area contributed by atoms with Crippen LogP contribution in [0.5, 0.6) is 0 Å². The van der Waals surface area contributed by atoms with Crippen LogP contribution in [0.2, 0.25) is 0 Å². The van der Waals surface area contributed by atoms with Crippen molar-refractivity contribution < 1.29 is 9.21 Å². The first-order valence-electron chi connectivity index (χ1n) is 7.53. The Bertz CT molecular complexity index is 984. The van der Waals surface area contributed by atoms with E-state index in [-0.39, 0.29) is 12.5 Å². The van der Waals surface area contributed by atoms with Gasteiger partial charge in [0.15, 0.2) is 5.76 Å². The predicted molar refractivity (Wildman–Crippen MR) is 92.5 cm³/mol. The maximum absolute atomic E-state index is 12.2. The van der Waals surface area contributed by atoms with Crippen molar-refractivity contribution in [3.8, 4) is 16.6 Å². The quantitative estimate of drug-likeness (QED) is 0.595. The smallest absolute Gasteiger partial charge is 0.247 e. The number of anilines is 1. The number of aromatic nitrogens is 5. The number of hydrogen-bond acceptors (Lipinski definition) is 6. The molecule has 0 spiro atoms. The molecule has 4 aromatic rings. The summed E-state index contributed by atoms with van der Waals surface area (Å²) < 4.78 is 8.54. The maximum atomic E-state index is 12.2. The van der Waals surface area contributed by atoms with Gasteiger partial charge in [-0.3, -0.25) is 9.48 Å². The van der Waals surface area contributed by atoms with Crippen molar-refractivity contribution in [2.24, 2.45) is 0 Å². The van der Waals surface area contributed by atoms with Gasteiger partial charge in [0, 0.05) is 23.8 Å². The number of amides is 1. The number of nitrogens with one attached hydrogen (secondary N) is 1. The number of carbonyl (C=O) groups is 1. The van der Waals surface area contributed by atoms with Gasteiger partial charge in [-0.1, -0.05) is 0 Å². The maximum Gasteiger partial charge on any atom is 0.247 e. The third-order valence-corrected chi connectivity index (χ3v) is 4.23. The Morgan fingerprint density at radius 1 is 1.40 bits per heavy atom. The molecule has 0 unspecified atom stereocenters. The lowest BCUT2D eigenvalue weighted by Gasteiger charge is -2.06. The van der Waals surface area contributed by atoms with Gasteiger partial charge in [-0.2, -0.15) is 14.9 Å². The van der Waals surface area contributed by atoms with E-state index in [4.69, 9.17) is 4.42 Å². The molecule has 1 N–H and O–H groups in total. The summed E-state index contributed by atoms with van der Waals surface area (Å²) in [6.07, 6.45) is 4.97. The van der Waals surface area contributed by atoms with E-state index in [2.05, 4.69) is 20.5 Å². The Kier molecular flexibility index (Phi) is 3.90. The zero-order valence-corrected chi connectivity index (χ0v) is 14.1. The molecule has 0 saturated heterocycles. The Balaban J connectivity index is 1.57. The van der Waals surface area contributed by atoms with Gasteiger partial charge in [-0.15, -0.1) is 11.3 Å². The van der Waals surface area contributed by atoms with Crippen LogP contribution < -0.4 is 5.32 Å². The molecule has 4 rings (SSSR count). The highest BCUT2D eigenvalue weighted by Gasteiger charge is 2.15. The highest BCUT2D eigenvalue weighted by Crippen LogP contribution is 2.26. The summed E-state index contributed by atoms with van der Waals surface area (Å²) in [4.78, 5) is 16.8. The fourth-order valence-electron chi connectivity index (χ4n) is 2.36. The van der Waals surface area contributed by atoms with Gasteiger partial charge in [0.1, 0.15) is 18.1 Å². The van der Waals surface area contributed by atoms with E-state index in [1.54, 1.807) is 40.2 Å². The molecule has 0 atom stereocenters. The van der Waals surface area contributed by atoms with Gasteiger partial charge in [0.25, 0.3) is 0 Å². The molecule has 9 heteroatoms. The molecule has 4 heterocycles. The largest absolute Gasteiger partial charge is 0.463 e. The highest BCUT2D eigenvalue weighted by molar-refractivity contribution is 7.12. The summed E-state index contributed by atoms with van der Waals surface area (Å²) in [5, 5.41) is 13.8. The van der Waals surface area contributed by atoms with E-state index in [0.717, 1.165) is 11.4 Å². The molecule has 0 aromatic carbocycles. The number of rotatable bonds is 5. The Morgan fingerprint density at radius 3 is 3.08 bits per heavy atom. The number of aryl methyl sites for hydroxylation is 1. The second kappa shape index (κ2) is 6.36. The second-order valence-corrected chi connectivity index (χ2v) is 6.16. The van der Waals surface area contributed by atoms with Gasteiger partial charge < -0.3 is 9.73 Å². The number of carbonyl (C=O) groups excluding carboxylic acids is 1. The number of hydrogen-bond donors (Lipinski definition) is 1. The van der Waals surface area contributed by atoms with E-state index >= 15 is 0 Å². The standard InChI is InChI=1S/C16H14N6O2S/c1-11-8-14(19-15(23)9-21-6-3-5-17-21)22(20-11)16-18-12(10-25-16)13-4-2-7-24-13/h2-8,10H,9H2,1H3,(H,19,23). The molecule has 0 aliphatic heterocycles. The number of furan rings is 1. The van der Waals surface area contributed by atoms with Crippen LogP contribution in [0.3, 0.4) is 0 Å². The van der Waals surface area contributed by atoms with Crippen LogP contribution >= 0.6 is 11.3 Å². The minimum Gasteiger partial charge on any atom is -0.463 e. The molecule has 0 saturated carbocycles. The summed E-state index contributed by atoms with van der Waals surface area (Å²) in [6.45, 7) is 1.99. The molecule has 0 fully saturated rings. The summed E-state index contributed by atoms with van der Waals surface area (Å²) in [7, 11) is 0. The van der Waals surface area contributed by atoms with Gasteiger partial charge >= 0.3 is 0 Å². The zero-order valence-electron chi connectivity index (χ0n) is 13.3. The first kappa shape index (κ1) is 15.3. The van der Waals surface area contributed by atoms with Gasteiger partial charge in [0.2, 0.25) is 11.0 Å². The third-order valence-electron chi connectivity index (χ3n) is 3.41. The third kappa shape index (κ3) is 3.22. The lowest BCUT2D eigenvalue weighted by molar-refractivity contribution is -0.116. The van der Waals surface area contributed by atoms with Gasteiger partial charge in [-0.25, -0.2) is 4.98 Å². The molecule has 0 radical (unpaired) electrons. The van der Waals surface area contributed by atoms with E-state index < -0.39 is 0 Å². The van der Waals surface area contributed by atoms with Crippen LogP contribution in [-0.4, -0.2) is 30.5 Å². The molecule has 0 aliphatic rings. The lowest BCUT2D eigenvalue weighted by atomic mass is 10.4. The number of nitrogens with zero attached hydrogens (tertiary/aromatic N) is 5. The van der Waals surface area contributed by atoms with Crippen LogP contribution in [0, 0.1) is 6.92 Å². The molecule has 4 aromatic heterocycles. The monoisotopic (exact) mass is 354 g/mol. The van der Waals surface area contributed by atoms with Gasteiger partial charge in [0.05, 0.1) is 12.0 Å². The van der Waals surface area contributed by atoms with Crippen molar-refractivity contribution in [1.29, 1.82) is 0 Å². The highest BCUT2D eigenvalue weighted by atomic mass is 32.1. The van der Waals surface area contributed by atoms with Crippen molar-refractivity contribution in [3.63, 3.8) is 0 Å². The molecular weight excluding hydrogens is 340 g/mol. The SMILES string of the molecule is Cc1cc(NC(=O)Cn2cccn2)n(-c2nc(-c3ccco3)cs2)n1. The van der Waals surface area contributed by atoms with E-state index in [1.165, 1.54) is 11.3 Å². The van der Waals surface area contributed by atoms with Crippen LogP contribution in [0.25, 0.3) is 16.6 Å². The van der Waals surface area contributed by atoms with Crippen molar-refractivity contribution in [1.82, 2.24) is 24.5 Å². The average molecular weight is 354 g/mol. The molecule has 1 amide bonds. The average Bonchev–Trinajstić information content (AvgIpc) is 3.35.